The summed E-state index contributed by atoms with van der Waals surface area (Å²) in [4.78, 5) is 15.1. The SMILES string of the molecule is CC(C)C[C@H](NCc1cncc(Br)c1)C(=O)O. The second-order valence-corrected chi connectivity index (χ2v) is 5.33. The Balaban J connectivity index is 2.54. The highest BCUT2D eigenvalue weighted by Gasteiger charge is 2.17. The Morgan fingerprint density at radius 2 is 2.24 bits per heavy atom. The van der Waals surface area contributed by atoms with Gasteiger partial charge in [-0.05, 0) is 39.9 Å². The van der Waals surface area contributed by atoms with Gasteiger partial charge in [-0.25, -0.2) is 0 Å². The van der Waals surface area contributed by atoms with E-state index in [2.05, 4.69) is 26.2 Å². The largest absolute Gasteiger partial charge is 0.480 e. The number of hydrogen-bond donors (Lipinski definition) is 2. The summed E-state index contributed by atoms with van der Waals surface area (Å²) in [5.41, 5.74) is 0.967. The lowest BCUT2D eigenvalue weighted by Crippen LogP contribution is -2.37. The fourth-order valence-electron chi connectivity index (χ4n) is 1.54. The molecule has 1 heterocycles. The maximum atomic E-state index is 11.0. The van der Waals surface area contributed by atoms with Gasteiger partial charge in [0.15, 0.2) is 0 Å². The predicted octanol–water partition coefficient (Wildman–Crippen LogP) is 2.43. The van der Waals surface area contributed by atoms with Crippen LogP contribution < -0.4 is 5.32 Å². The molecular formula is C12H17BrN2O2. The first-order valence-electron chi connectivity index (χ1n) is 5.54. The fourth-order valence-corrected chi connectivity index (χ4v) is 1.95. The monoisotopic (exact) mass is 300 g/mol. The third kappa shape index (κ3) is 5.28. The Morgan fingerprint density at radius 1 is 1.53 bits per heavy atom. The molecule has 0 aliphatic heterocycles. The van der Waals surface area contributed by atoms with E-state index in [-0.39, 0.29) is 0 Å². The van der Waals surface area contributed by atoms with Crippen LogP contribution in [0.5, 0.6) is 0 Å². The first-order valence-corrected chi connectivity index (χ1v) is 6.34. The lowest BCUT2D eigenvalue weighted by molar-refractivity contribution is -0.140. The summed E-state index contributed by atoms with van der Waals surface area (Å²) in [5, 5.41) is 12.1. The molecule has 0 saturated carbocycles. The minimum absolute atomic E-state index is 0.351. The number of aromatic nitrogens is 1. The summed E-state index contributed by atoms with van der Waals surface area (Å²) in [6, 6.07) is 1.42. The van der Waals surface area contributed by atoms with Gasteiger partial charge >= 0.3 is 5.97 Å². The van der Waals surface area contributed by atoms with E-state index in [0.29, 0.717) is 18.9 Å². The Bertz CT molecular complexity index is 383. The van der Waals surface area contributed by atoms with Crippen LogP contribution in [0.3, 0.4) is 0 Å². The smallest absolute Gasteiger partial charge is 0.320 e. The zero-order valence-electron chi connectivity index (χ0n) is 9.98. The van der Waals surface area contributed by atoms with E-state index in [0.717, 1.165) is 10.0 Å². The molecule has 0 aromatic carbocycles. The number of carbonyl (C=O) groups is 1. The zero-order valence-corrected chi connectivity index (χ0v) is 11.6. The summed E-state index contributed by atoms with van der Waals surface area (Å²) >= 11 is 3.33. The van der Waals surface area contributed by atoms with Crippen molar-refractivity contribution in [1.82, 2.24) is 10.3 Å². The molecule has 17 heavy (non-hydrogen) atoms. The van der Waals surface area contributed by atoms with Crippen LogP contribution in [0.1, 0.15) is 25.8 Å². The van der Waals surface area contributed by atoms with E-state index in [1.54, 1.807) is 12.4 Å². The minimum atomic E-state index is -0.804. The molecule has 1 aromatic heterocycles. The summed E-state index contributed by atoms with van der Waals surface area (Å²) < 4.78 is 0.896. The van der Waals surface area contributed by atoms with Crippen molar-refractivity contribution in [2.24, 2.45) is 5.92 Å². The van der Waals surface area contributed by atoms with E-state index >= 15 is 0 Å². The molecule has 1 rings (SSSR count). The van der Waals surface area contributed by atoms with Gasteiger partial charge in [-0.2, -0.15) is 0 Å². The van der Waals surface area contributed by atoms with E-state index in [1.165, 1.54) is 0 Å². The van der Waals surface area contributed by atoms with Gasteiger partial charge < -0.3 is 10.4 Å². The first kappa shape index (κ1) is 14.1. The molecule has 1 aromatic rings. The predicted molar refractivity (Wildman–Crippen MR) is 69.7 cm³/mol. The Morgan fingerprint density at radius 3 is 2.76 bits per heavy atom. The highest BCUT2D eigenvalue weighted by molar-refractivity contribution is 9.10. The number of aliphatic carboxylic acids is 1. The van der Waals surface area contributed by atoms with Gasteiger partial charge in [0.25, 0.3) is 0 Å². The Hall–Kier alpha value is -0.940. The molecule has 1 atom stereocenters. The number of halogens is 1. The lowest BCUT2D eigenvalue weighted by Gasteiger charge is -2.16. The van der Waals surface area contributed by atoms with Crippen molar-refractivity contribution >= 4 is 21.9 Å². The highest BCUT2D eigenvalue weighted by atomic mass is 79.9. The molecular weight excluding hydrogens is 284 g/mol. The lowest BCUT2D eigenvalue weighted by atomic mass is 10.0. The van der Waals surface area contributed by atoms with Crippen molar-refractivity contribution in [3.8, 4) is 0 Å². The highest BCUT2D eigenvalue weighted by Crippen LogP contribution is 2.10. The standard InChI is InChI=1S/C12H17BrN2O2/c1-8(2)3-11(12(16)17)15-6-9-4-10(13)7-14-5-9/h4-5,7-8,11,15H,3,6H2,1-2H3,(H,16,17)/t11-/m0/s1. The normalized spacial score (nSPS) is 12.7. The zero-order chi connectivity index (χ0) is 12.8. The topological polar surface area (TPSA) is 62.2 Å². The van der Waals surface area contributed by atoms with Crippen LogP contribution in [0.25, 0.3) is 0 Å². The van der Waals surface area contributed by atoms with Gasteiger partial charge in [0, 0.05) is 23.4 Å². The molecule has 0 aliphatic rings. The third-order valence-corrected chi connectivity index (χ3v) is 2.75. The molecule has 0 radical (unpaired) electrons. The number of carboxylic acid groups (broad SMARTS) is 1. The molecule has 0 spiro atoms. The molecule has 0 saturated heterocycles. The molecule has 2 N–H and O–H groups in total. The van der Waals surface area contributed by atoms with Crippen molar-refractivity contribution in [1.29, 1.82) is 0 Å². The first-order chi connectivity index (χ1) is 7.99. The van der Waals surface area contributed by atoms with Crippen molar-refractivity contribution in [3.63, 3.8) is 0 Å². The van der Waals surface area contributed by atoms with Crippen LogP contribution in [0, 0.1) is 5.92 Å². The van der Waals surface area contributed by atoms with Gasteiger partial charge in [-0.3, -0.25) is 9.78 Å². The quantitative estimate of drug-likeness (QED) is 0.847. The van der Waals surface area contributed by atoms with Gasteiger partial charge in [-0.1, -0.05) is 13.8 Å². The molecule has 94 valence electrons. The van der Waals surface area contributed by atoms with Gasteiger partial charge in [0.1, 0.15) is 6.04 Å². The van der Waals surface area contributed by atoms with Crippen LogP contribution in [-0.2, 0) is 11.3 Å². The second-order valence-electron chi connectivity index (χ2n) is 4.41. The van der Waals surface area contributed by atoms with Gasteiger partial charge in [0.05, 0.1) is 0 Å². The van der Waals surface area contributed by atoms with E-state index in [1.807, 2.05) is 19.9 Å². The number of nitrogens with one attached hydrogen (secondary N) is 1. The van der Waals surface area contributed by atoms with Crippen LogP contribution in [-0.4, -0.2) is 22.1 Å². The van der Waals surface area contributed by atoms with Gasteiger partial charge in [-0.15, -0.1) is 0 Å². The molecule has 0 unspecified atom stereocenters. The molecule has 0 bridgehead atoms. The summed E-state index contributed by atoms with van der Waals surface area (Å²) in [7, 11) is 0. The number of nitrogens with zero attached hydrogens (tertiary/aromatic N) is 1. The molecule has 0 aliphatic carbocycles. The number of pyridine rings is 1. The maximum Gasteiger partial charge on any atom is 0.320 e. The second kappa shape index (κ2) is 6.71. The van der Waals surface area contributed by atoms with Crippen LogP contribution >= 0.6 is 15.9 Å². The van der Waals surface area contributed by atoms with Gasteiger partial charge in [0.2, 0.25) is 0 Å². The molecule has 5 heteroatoms. The molecule has 0 amide bonds. The van der Waals surface area contributed by atoms with Crippen molar-refractivity contribution in [3.05, 3.63) is 28.5 Å². The fraction of sp³-hybridized carbons (Fsp3) is 0.500. The minimum Gasteiger partial charge on any atom is -0.480 e. The van der Waals surface area contributed by atoms with E-state index in [9.17, 15) is 4.79 Å². The summed E-state index contributed by atoms with van der Waals surface area (Å²) in [5.74, 6) is -0.453. The van der Waals surface area contributed by atoms with E-state index < -0.39 is 12.0 Å². The van der Waals surface area contributed by atoms with Crippen molar-refractivity contribution in [2.75, 3.05) is 0 Å². The van der Waals surface area contributed by atoms with Crippen LogP contribution in [0.15, 0.2) is 22.9 Å². The van der Waals surface area contributed by atoms with Crippen LogP contribution in [0.4, 0.5) is 0 Å². The number of carboxylic acids is 1. The average Bonchev–Trinajstić information content (AvgIpc) is 2.23. The Labute approximate surface area is 110 Å². The number of rotatable bonds is 6. The van der Waals surface area contributed by atoms with Crippen molar-refractivity contribution in [2.45, 2.75) is 32.9 Å². The Kier molecular flexibility index (Phi) is 5.58. The summed E-state index contributed by atoms with van der Waals surface area (Å²) in [6.45, 7) is 4.53. The van der Waals surface area contributed by atoms with Crippen molar-refractivity contribution < 1.29 is 9.90 Å². The average molecular weight is 301 g/mol. The molecule has 0 fully saturated rings. The van der Waals surface area contributed by atoms with E-state index in [4.69, 9.17) is 5.11 Å². The number of hydrogen-bond acceptors (Lipinski definition) is 3. The third-order valence-electron chi connectivity index (χ3n) is 2.32. The molecule has 4 nitrogen and oxygen atoms in total. The summed E-state index contributed by atoms with van der Waals surface area (Å²) in [6.07, 6.45) is 4.05. The van der Waals surface area contributed by atoms with Crippen LogP contribution in [0.2, 0.25) is 0 Å². The maximum absolute atomic E-state index is 11.0.